The molecule has 0 aromatic carbocycles. The molecule has 0 amide bonds. The van der Waals surface area contributed by atoms with Crippen LogP contribution < -0.4 is 0 Å². The zero-order valence-electron chi connectivity index (χ0n) is 55.8. The van der Waals surface area contributed by atoms with Crippen molar-refractivity contribution >= 4 is 5.97 Å². The molecule has 6 saturated heterocycles. The van der Waals surface area contributed by atoms with E-state index in [0.29, 0.717) is 44.9 Å². The molecule has 0 spiro atoms. The lowest BCUT2D eigenvalue weighted by Gasteiger charge is -2.72. The molecule has 552 valence electrons. The Kier molecular flexibility index (Phi) is 21.9. The second-order valence-electron chi connectivity index (χ2n) is 31.5. The third-order valence-corrected chi connectivity index (χ3v) is 25.2. The zero-order valence-corrected chi connectivity index (χ0v) is 55.8. The molecule has 38 atom stereocenters. The maximum atomic E-state index is 15.7. The Morgan fingerprint density at radius 1 is 0.479 bits per heavy atom. The minimum absolute atomic E-state index is 0.00257. The molecule has 31 nitrogen and oxygen atoms in total. The predicted octanol–water partition coefficient (Wildman–Crippen LogP) is -4.72. The molecule has 5 aliphatic carbocycles. The minimum Gasteiger partial charge on any atom is -0.432 e. The Balaban J connectivity index is 0.831. The van der Waals surface area contributed by atoms with Crippen LogP contribution in [0.2, 0.25) is 0 Å². The van der Waals surface area contributed by atoms with Crippen LogP contribution in [-0.2, 0) is 61.6 Å². The zero-order chi connectivity index (χ0) is 70.2. The second-order valence-corrected chi connectivity index (χ2v) is 31.5. The lowest BCUT2D eigenvalue weighted by molar-refractivity contribution is -0.391. The van der Waals surface area contributed by atoms with Crippen molar-refractivity contribution in [3.8, 4) is 0 Å². The molecule has 11 aliphatic rings. The average molecular weight is 1380 g/mol. The van der Waals surface area contributed by atoms with Gasteiger partial charge in [0.25, 0.3) is 0 Å². The quantitative estimate of drug-likeness (QED) is 0.0416. The summed E-state index contributed by atoms with van der Waals surface area (Å²) in [5.41, 5.74) is -3.23. The van der Waals surface area contributed by atoms with Gasteiger partial charge in [-0.15, -0.1) is 0 Å². The van der Waals surface area contributed by atoms with Gasteiger partial charge in [0, 0.05) is 0 Å². The number of fused-ring (bicyclic) bond motifs is 7. The van der Waals surface area contributed by atoms with Gasteiger partial charge < -0.3 is 149 Å². The fourth-order valence-electron chi connectivity index (χ4n) is 19.2. The summed E-state index contributed by atoms with van der Waals surface area (Å²) in [5.74, 6) is -1.55. The maximum Gasteiger partial charge on any atom is 0.317 e. The molecule has 4 saturated carbocycles. The summed E-state index contributed by atoms with van der Waals surface area (Å²) in [7, 11) is 0. The van der Waals surface area contributed by atoms with Crippen LogP contribution in [0.5, 0.6) is 0 Å². The van der Waals surface area contributed by atoms with Crippen LogP contribution in [0.1, 0.15) is 120 Å². The Labute approximate surface area is 556 Å². The summed E-state index contributed by atoms with van der Waals surface area (Å²) < 4.78 is 72.7. The smallest absolute Gasteiger partial charge is 0.317 e. The number of hydrogen-bond donors (Lipinski definition) is 18. The van der Waals surface area contributed by atoms with Crippen LogP contribution in [0.4, 0.5) is 0 Å². The first-order valence-corrected chi connectivity index (χ1v) is 34.1. The van der Waals surface area contributed by atoms with Gasteiger partial charge in [-0.25, -0.2) is 0 Å². The van der Waals surface area contributed by atoms with Gasteiger partial charge >= 0.3 is 5.97 Å². The standard InChI is InChI=1S/C65H106O31/c1-24-36(71)40(75)45(80)54(86-24)95-52-48(83)50(93-53-44(79)37(72)28(69)23-85-53)31(22-68)90-57(52)91-35-13-14-62(7)32(61(35,5)6)12-15-63(8)33(62)11-10-26-27-18-60(3,4)16-17-65(27,34(70)19-64(26,63)9)59(84)96-58-51(42(77)39(74)30(21-67)89-58)94-55-47(82)43(78)49(25(2)87-55)92-56-46(81)41(76)38(73)29(20-66)88-56/h10,24-25,27-58,66-83H,11-23H2,1-9H3. The fraction of sp³-hybridized carbons (Fsp3) is 0.954. The van der Waals surface area contributed by atoms with E-state index in [1.54, 1.807) is 0 Å². The average Bonchev–Trinajstić information content (AvgIpc) is 0.672. The molecule has 96 heavy (non-hydrogen) atoms. The molecule has 11 rings (SSSR count). The van der Waals surface area contributed by atoms with Crippen LogP contribution in [0.15, 0.2) is 11.6 Å². The van der Waals surface area contributed by atoms with Crippen LogP contribution in [0.3, 0.4) is 0 Å². The van der Waals surface area contributed by atoms with E-state index in [2.05, 4.69) is 54.5 Å². The molecule has 18 N–H and O–H groups in total. The van der Waals surface area contributed by atoms with Gasteiger partial charge in [0.2, 0.25) is 6.29 Å². The van der Waals surface area contributed by atoms with E-state index < -0.39 is 256 Å². The summed E-state index contributed by atoms with van der Waals surface area (Å²) in [6.45, 7) is 15.2. The number of carbonyl (C=O) groups is 1. The van der Waals surface area contributed by atoms with Crippen molar-refractivity contribution in [1.29, 1.82) is 0 Å². The topological polar surface area (TPSA) is 492 Å². The van der Waals surface area contributed by atoms with Crippen molar-refractivity contribution in [2.45, 2.75) is 310 Å². The lowest BCUT2D eigenvalue weighted by Crippen LogP contribution is -2.69. The van der Waals surface area contributed by atoms with Gasteiger partial charge in [-0.1, -0.05) is 60.1 Å². The SMILES string of the molecule is CC1OC(OC2C(OC3CCC4(C)C(CCC5(C)C4CC=C4C6CC(C)(C)CCC6(C(=O)OC6OC(CO)C(O)C(O)C6OC6OC(C)C(OC7OC(CO)C(O)C(O)C7O)C(O)C6O)C(O)CC45C)C3(C)C)OC(CO)C(OC3OCC(O)C(O)C3O)C2O)C(O)C(O)C1O. The normalized spacial score (nSPS) is 54.9. The van der Waals surface area contributed by atoms with Crippen molar-refractivity contribution in [3.63, 3.8) is 0 Å². The maximum absolute atomic E-state index is 15.7. The summed E-state index contributed by atoms with van der Waals surface area (Å²) in [5, 5.41) is 198. The van der Waals surface area contributed by atoms with E-state index in [9.17, 15) is 91.9 Å². The number of ether oxygens (including phenoxy) is 12. The fourth-order valence-corrected chi connectivity index (χ4v) is 19.2. The molecule has 38 unspecified atom stereocenters. The van der Waals surface area contributed by atoms with Crippen LogP contribution in [0.25, 0.3) is 0 Å². The third kappa shape index (κ3) is 12.6. The Hall–Kier alpha value is -1.95. The highest BCUT2D eigenvalue weighted by atomic mass is 16.8. The van der Waals surface area contributed by atoms with Crippen molar-refractivity contribution in [3.05, 3.63) is 11.6 Å². The number of rotatable bonds is 15. The second kappa shape index (κ2) is 27.9. The Morgan fingerprint density at radius 3 is 1.64 bits per heavy atom. The number of hydrogen-bond acceptors (Lipinski definition) is 31. The molecular formula is C65H106O31. The number of aliphatic hydroxyl groups excluding tert-OH is 18. The lowest BCUT2D eigenvalue weighted by atomic mass is 9.33. The summed E-state index contributed by atoms with van der Waals surface area (Å²) in [6, 6.07) is 0. The van der Waals surface area contributed by atoms with Crippen molar-refractivity contribution in [1.82, 2.24) is 0 Å². The van der Waals surface area contributed by atoms with Gasteiger partial charge in [-0.3, -0.25) is 4.79 Å². The summed E-state index contributed by atoms with van der Waals surface area (Å²) in [6.07, 6.45) is -43.8. The van der Waals surface area contributed by atoms with Crippen molar-refractivity contribution in [2.75, 3.05) is 26.4 Å². The largest absolute Gasteiger partial charge is 0.432 e. The molecular weight excluding hydrogens is 1280 g/mol. The highest BCUT2D eigenvalue weighted by Crippen LogP contribution is 2.76. The van der Waals surface area contributed by atoms with Gasteiger partial charge in [0.15, 0.2) is 37.6 Å². The first-order chi connectivity index (χ1) is 45.0. The molecule has 6 heterocycles. The van der Waals surface area contributed by atoms with Crippen molar-refractivity contribution in [2.24, 2.45) is 50.2 Å². The number of allylic oxidation sites excluding steroid dienone is 2. The third-order valence-electron chi connectivity index (χ3n) is 25.2. The van der Waals surface area contributed by atoms with Gasteiger partial charge in [-0.05, 0) is 116 Å². The van der Waals surface area contributed by atoms with E-state index in [4.69, 9.17) is 56.8 Å². The number of carbonyl (C=O) groups excluding carboxylic acids is 1. The Morgan fingerprint density at radius 2 is 1.00 bits per heavy atom. The van der Waals surface area contributed by atoms with E-state index in [1.807, 2.05) is 0 Å². The molecule has 10 fully saturated rings. The highest BCUT2D eigenvalue weighted by Gasteiger charge is 2.73. The highest BCUT2D eigenvalue weighted by molar-refractivity contribution is 5.80. The van der Waals surface area contributed by atoms with Gasteiger partial charge in [0.1, 0.15) is 127 Å². The van der Waals surface area contributed by atoms with Crippen molar-refractivity contribution < 1.29 is 154 Å². The molecule has 0 bridgehead atoms. The molecule has 0 radical (unpaired) electrons. The van der Waals surface area contributed by atoms with E-state index in [-0.39, 0.29) is 30.1 Å². The van der Waals surface area contributed by atoms with Gasteiger partial charge in [-0.2, -0.15) is 0 Å². The molecule has 0 aromatic rings. The van der Waals surface area contributed by atoms with Gasteiger partial charge in [0.05, 0.1) is 50.8 Å². The number of esters is 1. The monoisotopic (exact) mass is 1380 g/mol. The van der Waals surface area contributed by atoms with Crippen LogP contribution in [-0.4, -0.2) is 315 Å². The molecule has 31 heteroatoms. The van der Waals surface area contributed by atoms with E-state index in [1.165, 1.54) is 13.8 Å². The molecule has 6 aliphatic heterocycles. The minimum atomic E-state index is -2.02. The first kappa shape index (κ1) is 75.2. The predicted molar refractivity (Wildman–Crippen MR) is 321 cm³/mol. The van der Waals surface area contributed by atoms with E-state index >= 15 is 4.79 Å². The summed E-state index contributed by atoms with van der Waals surface area (Å²) >= 11 is 0. The van der Waals surface area contributed by atoms with Crippen LogP contribution >= 0.6 is 0 Å². The van der Waals surface area contributed by atoms with E-state index in [0.717, 1.165) is 5.57 Å². The number of aliphatic hydroxyl groups is 18. The Bertz CT molecular complexity index is 2710. The summed E-state index contributed by atoms with van der Waals surface area (Å²) in [4.78, 5) is 15.7. The molecule has 0 aromatic heterocycles. The first-order valence-electron chi connectivity index (χ1n) is 34.1. The van der Waals surface area contributed by atoms with Crippen LogP contribution in [0, 0.1) is 50.2 Å².